The molecule has 0 spiro atoms. The topological polar surface area (TPSA) is 55.8 Å². The standard InChI is InChI=1S/C15H15NO4/c1-15-8-11(14(18)19-2)13(17)16(15)12(9-20-15)10-6-4-3-5-7-10/h3-8,12H,9H2,1-2H3/t12-,15-/m0/s1. The highest BCUT2D eigenvalue weighted by Gasteiger charge is 2.53. The van der Waals surface area contributed by atoms with E-state index in [1.807, 2.05) is 30.3 Å². The molecule has 20 heavy (non-hydrogen) atoms. The molecule has 1 aromatic carbocycles. The Bertz CT molecular complexity index is 595. The predicted molar refractivity (Wildman–Crippen MR) is 70.5 cm³/mol. The Labute approximate surface area is 116 Å². The van der Waals surface area contributed by atoms with Gasteiger partial charge in [0.15, 0.2) is 5.72 Å². The average Bonchev–Trinajstić information content (AvgIpc) is 2.93. The van der Waals surface area contributed by atoms with Crippen LogP contribution in [-0.4, -0.2) is 36.2 Å². The fourth-order valence-corrected chi connectivity index (χ4v) is 2.79. The highest BCUT2D eigenvalue weighted by molar-refractivity contribution is 6.18. The van der Waals surface area contributed by atoms with Crippen molar-refractivity contribution >= 4 is 11.9 Å². The summed E-state index contributed by atoms with van der Waals surface area (Å²) in [6.45, 7) is 2.20. The van der Waals surface area contributed by atoms with Gasteiger partial charge in [-0.1, -0.05) is 30.3 Å². The summed E-state index contributed by atoms with van der Waals surface area (Å²) in [6, 6.07) is 9.46. The molecule has 5 heteroatoms. The monoisotopic (exact) mass is 273 g/mol. The minimum Gasteiger partial charge on any atom is -0.465 e. The zero-order valence-corrected chi connectivity index (χ0v) is 11.3. The molecule has 3 rings (SSSR count). The van der Waals surface area contributed by atoms with Crippen molar-refractivity contribution in [3.63, 3.8) is 0 Å². The van der Waals surface area contributed by atoms with E-state index in [0.717, 1.165) is 5.56 Å². The number of fused-ring (bicyclic) bond motifs is 1. The van der Waals surface area contributed by atoms with Gasteiger partial charge in [0, 0.05) is 0 Å². The Morgan fingerprint density at radius 3 is 2.75 bits per heavy atom. The largest absolute Gasteiger partial charge is 0.465 e. The van der Waals surface area contributed by atoms with Crippen molar-refractivity contribution < 1.29 is 19.1 Å². The van der Waals surface area contributed by atoms with Crippen LogP contribution < -0.4 is 0 Å². The van der Waals surface area contributed by atoms with Gasteiger partial charge in [0.25, 0.3) is 5.91 Å². The van der Waals surface area contributed by atoms with Crippen LogP contribution in [0.4, 0.5) is 0 Å². The maximum Gasteiger partial charge on any atom is 0.343 e. The molecule has 1 fully saturated rings. The van der Waals surface area contributed by atoms with Crippen LogP contribution in [-0.2, 0) is 19.1 Å². The third-order valence-corrected chi connectivity index (χ3v) is 3.77. The first-order chi connectivity index (χ1) is 9.57. The third kappa shape index (κ3) is 1.74. The number of carbonyl (C=O) groups excluding carboxylic acids is 2. The van der Waals surface area contributed by atoms with E-state index in [2.05, 4.69) is 4.74 Å². The summed E-state index contributed by atoms with van der Waals surface area (Å²) in [5.74, 6) is -0.966. The van der Waals surface area contributed by atoms with Crippen molar-refractivity contribution in [1.82, 2.24) is 4.90 Å². The van der Waals surface area contributed by atoms with Crippen molar-refractivity contribution in [3.8, 4) is 0 Å². The lowest BCUT2D eigenvalue weighted by atomic mass is 10.1. The number of carbonyl (C=O) groups is 2. The van der Waals surface area contributed by atoms with E-state index in [4.69, 9.17) is 4.74 Å². The van der Waals surface area contributed by atoms with Gasteiger partial charge in [-0.3, -0.25) is 9.69 Å². The summed E-state index contributed by atoms with van der Waals surface area (Å²) in [5, 5.41) is 0. The molecule has 0 saturated carbocycles. The normalized spacial score (nSPS) is 28.3. The van der Waals surface area contributed by atoms with Gasteiger partial charge in [-0.25, -0.2) is 4.79 Å². The van der Waals surface area contributed by atoms with Gasteiger partial charge in [0.2, 0.25) is 0 Å². The van der Waals surface area contributed by atoms with E-state index in [-0.39, 0.29) is 17.5 Å². The van der Waals surface area contributed by atoms with E-state index in [9.17, 15) is 9.59 Å². The lowest BCUT2D eigenvalue weighted by Crippen LogP contribution is -2.41. The molecule has 0 aliphatic carbocycles. The SMILES string of the molecule is COC(=O)C1=C[C@]2(C)OC[C@@H](c3ccccc3)N2C1=O. The molecular formula is C15H15NO4. The summed E-state index contributed by atoms with van der Waals surface area (Å²) >= 11 is 0. The average molecular weight is 273 g/mol. The summed E-state index contributed by atoms with van der Waals surface area (Å²) < 4.78 is 10.4. The smallest absolute Gasteiger partial charge is 0.343 e. The summed E-state index contributed by atoms with van der Waals surface area (Å²) in [5.41, 5.74) is 0.154. The summed E-state index contributed by atoms with van der Waals surface area (Å²) in [4.78, 5) is 25.7. The van der Waals surface area contributed by atoms with Gasteiger partial charge >= 0.3 is 5.97 Å². The number of hydrogen-bond acceptors (Lipinski definition) is 4. The van der Waals surface area contributed by atoms with Crippen LogP contribution in [0.1, 0.15) is 18.5 Å². The Kier molecular flexibility index (Phi) is 2.87. The molecule has 0 radical (unpaired) electrons. The van der Waals surface area contributed by atoms with Gasteiger partial charge in [-0.2, -0.15) is 0 Å². The predicted octanol–water partition coefficient (Wildman–Crippen LogP) is 1.42. The second-order valence-corrected chi connectivity index (χ2v) is 5.02. The molecule has 2 heterocycles. The van der Waals surface area contributed by atoms with E-state index >= 15 is 0 Å². The highest BCUT2D eigenvalue weighted by atomic mass is 16.5. The van der Waals surface area contributed by atoms with Gasteiger partial charge in [-0.15, -0.1) is 0 Å². The molecule has 5 nitrogen and oxygen atoms in total. The molecule has 104 valence electrons. The van der Waals surface area contributed by atoms with Crippen LogP contribution in [0.25, 0.3) is 0 Å². The van der Waals surface area contributed by atoms with Crippen LogP contribution in [0, 0.1) is 0 Å². The van der Waals surface area contributed by atoms with E-state index < -0.39 is 11.7 Å². The van der Waals surface area contributed by atoms with Crippen molar-refractivity contribution in [2.24, 2.45) is 0 Å². The Morgan fingerprint density at radius 2 is 2.10 bits per heavy atom. The van der Waals surface area contributed by atoms with Gasteiger partial charge in [-0.05, 0) is 18.6 Å². The van der Waals surface area contributed by atoms with Gasteiger partial charge < -0.3 is 9.47 Å². The first-order valence-corrected chi connectivity index (χ1v) is 6.40. The van der Waals surface area contributed by atoms with E-state index in [1.54, 1.807) is 17.9 Å². The number of nitrogens with zero attached hydrogens (tertiary/aromatic N) is 1. The fourth-order valence-electron chi connectivity index (χ4n) is 2.79. The summed E-state index contributed by atoms with van der Waals surface area (Å²) in [7, 11) is 1.26. The number of benzene rings is 1. The van der Waals surface area contributed by atoms with Crippen molar-refractivity contribution in [2.45, 2.75) is 18.7 Å². The molecule has 0 unspecified atom stereocenters. The van der Waals surface area contributed by atoms with E-state index in [0.29, 0.717) is 6.61 Å². The molecule has 1 amide bonds. The second-order valence-electron chi connectivity index (χ2n) is 5.02. The molecule has 0 aromatic heterocycles. The first kappa shape index (κ1) is 12.9. The summed E-state index contributed by atoms with van der Waals surface area (Å²) in [6.07, 6.45) is 1.55. The third-order valence-electron chi connectivity index (χ3n) is 3.77. The molecule has 1 aromatic rings. The number of amides is 1. The Morgan fingerprint density at radius 1 is 1.40 bits per heavy atom. The first-order valence-electron chi connectivity index (χ1n) is 6.40. The van der Waals surface area contributed by atoms with Crippen LogP contribution in [0.2, 0.25) is 0 Å². The molecule has 2 aliphatic heterocycles. The van der Waals surface area contributed by atoms with E-state index in [1.165, 1.54) is 7.11 Å². The van der Waals surface area contributed by atoms with Gasteiger partial charge in [0.05, 0.1) is 19.8 Å². The maximum absolute atomic E-state index is 12.5. The van der Waals surface area contributed by atoms with Crippen molar-refractivity contribution in [3.05, 3.63) is 47.5 Å². The second kappa shape index (κ2) is 4.45. The minimum atomic E-state index is -0.874. The lowest BCUT2D eigenvalue weighted by Gasteiger charge is -2.29. The number of ether oxygens (including phenoxy) is 2. The molecule has 1 saturated heterocycles. The molecule has 2 aliphatic rings. The molecular weight excluding hydrogens is 258 g/mol. The quantitative estimate of drug-likeness (QED) is 0.604. The van der Waals surface area contributed by atoms with Crippen LogP contribution >= 0.6 is 0 Å². The van der Waals surface area contributed by atoms with Crippen molar-refractivity contribution in [1.29, 1.82) is 0 Å². The number of esters is 1. The van der Waals surface area contributed by atoms with Crippen LogP contribution in [0.5, 0.6) is 0 Å². The molecule has 0 bridgehead atoms. The highest BCUT2D eigenvalue weighted by Crippen LogP contribution is 2.43. The fraction of sp³-hybridized carbons (Fsp3) is 0.333. The zero-order chi connectivity index (χ0) is 14.3. The van der Waals surface area contributed by atoms with Crippen LogP contribution in [0.15, 0.2) is 42.0 Å². The number of rotatable bonds is 2. The number of hydrogen-bond donors (Lipinski definition) is 0. The Hall–Kier alpha value is -2.14. The maximum atomic E-state index is 12.5. The van der Waals surface area contributed by atoms with Gasteiger partial charge in [0.1, 0.15) is 5.57 Å². The lowest BCUT2D eigenvalue weighted by molar-refractivity contribution is -0.141. The minimum absolute atomic E-state index is 0.0376. The van der Waals surface area contributed by atoms with Crippen LogP contribution in [0.3, 0.4) is 0 Å². The number of methoxy groups -OCH3 is 1. The molecule has 2 atom stereocenters. The van der Waals surface area contributed by atoms with Crippen molar-refractivity contribution in [2.75, 3.05) is 13.7 Å². The zero-order valence-electron chi connectivity index (χ0n) is 11.3. The Balaban J connectivity index is 1.97. The molecule has 0 N–H and O–H groups in total.